The predicted molar refractivity (Wildman–Crippen MR) is 197 cm³/mol. The van der Waals surface area contributed by atoms with E-state index in [0.29, 0.717) is 22.6 Å². The third-order valence-corrected chi connectivity index (χ3v) is 8.61. The highest BCUT2D eigenvalue weighted by Crippen LogP contribution is 2.51. The molecule has 7 heteroatoms. The Kier molecular flexibility index (Phi) is 10.9. The van der Waals surface area contributed by atoms with Gasteiger partial charge in [0.1, 0.15) is 28.6 Å². The predicted octanol–water partition coefficient (Wildman–Crippen LogP) is 12.3. The minimum Gasteiger partial charge on any atom is -0.428 e. The number of hydrogen-bond donors (Lipinski definition) is 0. The summed E-state index contributed by atoms with van der Waals surface area (Å²) in [6, 6.07) is 23.5. The van der Waals surface area contributed by atoms with Crippen molar-refractivity contribution in [3.8, 4) is 34.1 Å². The van der Waals surface area contributed by atoms with Crippen molar-refractivity contribution in [3.63, 3.8) is 0 Å². The summed E-state index contributed by atoms with van der Waals surface area (Å²) < 4.78 is 31.7. The molecule has 0 aliphatic rings. The van der Waals surface area contributed by atoms with E-state index in [1.165, 1.54) is 0 Å². The van der Waals surface area contributed by atoms with Gasteiger partial charge in [-0.1, -0.05) is 113 Å². The number of carbonyl (C=O) groups excluding carboxylic acids is 1. The van der Waals surface area contributed by atoms with Crippen LogP contribution in [0.1, 0.15) is 95.7 Å². The van der Waals surface area contributed by atoms with Crippen molar-refractivity contribution in [3.05, 3.63) is 106 Å². The Bertz CT molecular complexity index is 1700. The van der Waals surface area contributed by atoms with E-state index in [4.69, 9.17) is 23.0 Å². The number of benzene rings is 4. The van der Waals surface area contributed by atoms with Crippen molar-refractivity contribution in [2.45, 2.75) is 106 Å². The van der Waals surface area contributed by atoms with Crippen LogP contribution in [0, 0.1) is 27.7 Å². The molecule has 0 N–H and O–H groups in total. The van der Waals surface area contributed by atoms with Gasteiger partial charge in [-0.15, -0.1) is 0 Å². The standard InChI is InChI=1S/C41H51O6P/c1-26-22-28(3)36(32(24-26)39(5,6)7)46-48(47-37-29(4)23-27(2)25-33(37)40(8,9)10)45-35-21-17-15-19-31(35)30-18-14-16-20-34(30)43-38(42)44-41(11,12)13/h14-25H,1-13H3. The SMILES string of the molecule is Cc1cc(C)c(OP(Oc2ccccc2-c2ccccc2OC(=O)OC(C)(C)C)Oc2c(C)cc(C)cc2C(C)(C)C)c(C(C)(C)C)c1. The lowest BCUT2D eigenvalue weighted by Gasteiger charge is -2.29. The molecular weight excluding hydrogens is 619 g/mol. The first-order valence-electron chi connectivity index (χ1n) is 16.4. The van der Waals surface area contributed by atoms with E-state index >= 15 is 0 Å². The zero-order chi connectivity index (χ0) is 35.6. The zero-order valence-electron chi connectivity index (χ0n) is 30.8. The summed E-state index contributed by atoms with van der Waals surface area (Å²) in [6.45, 7) is 26.8. The Labute approximate surface area is 288 Å². The van der Waals surface area contributed by atoms with Gasteiger partial charge in [0.2, 0.25) is 0 Å². The van der Waals surface area contributed by atoms with Crippen LogP contribution >= 0.6 is 8.60 Å². The quantitative estimate of drug-likeness (QED) is 0.106. The molecule has 0 aromatic heterocycles. The highest BCUT2D eigenvalue weighted by molar-refractivity contribution is 7.43. The molecule has 0 fully saturated rings. The molecule has 0 aliphatic heterocycles. The van der Waals surface area contributed by atoms with Crippen molar-refractivity contribution in [1.82, 2.24) is 0 Å². The van der Waals surface area contributed by atoms with E-state index in [-0.39, 0.29) is 10.8 Å². The van der Waals surface area contributed by atoms with Gasteiger partial charge in [-0.2, -0.15) is 0 Å². The second kappa shape index (κ2) is 14.2. The molecule has 0 atom stereocenters. The lowest BCUT2D eigenvalue weighted by Crippen LogP contribution is -2.26. The van der Waals surface area contributed by atoms with E-state index in [2.05, 4.69) is 93.5 Å². The van der Waals surface area contributed by atoms with Gasteiger partial charge in [-0.25, -0.2) is 4.79 Å². The van der Waals surface area contributed by atoms with Crippen LogP contribution in [0.2, 0.25) is 0 Å². The molecule has 0 radical (unpaired) electrons. The number of hydrogen-bond acceptors (Lipinski definition) is 6. The van der Waals surface area contributed by atoms with E-state index in [9.17, 15) is 4.79 Å². The van der Waals surface area contributed by atoms with E-state index in [0.717, 1.165) is 44.9 Å². The van der Waals surface area contributed by atoms with Crippen LogP contribution in [0.5, 0.6) is 23.0 Å². The van der Waals surface area contributed by atoms with Crippen LogP contribution in [0.25, 0.3) is 11.1 Å². The molecule has 256 valence electrons. The summed E-state index contributed by atoms with van der Waals surface area (Å²) >= 11 is 0. The fraction of sp³-hybridized carbons (Fsp3) is 0.390. The van der Waals surface area contributed by atoms with Crippen LogP contribution in [0.3, 0.4) is 0 Å². The third-order valence-electron chi connectivity index (χ3n) is 7.61. The molecule has 4 aromatic carbocycles. The van der Waals surface area contributed by atoms with Gasteiger partial charge in [0.05, 0.1) is 0 Å². The maximum atomic E-state index is 12.7. The number of para-hydroxylation sites is 2. The van der Waals surface area contributed by atoms with Crippen LogP contribution in [-0.2, 0) is 15.6 Å². The Morgan fingerprint density at radius 2 is 0.979 bits per heavy atom. The van der Waals surface area contributed by atoms with E-state index in [1.54, 1.807) is 26.8 Å². The molecule has 0 saturated heterocycles. The molecule has 0 aliphatic carbocycles. The Morgan fingerprint density at radius 3 is 1.42 bits per heavy atom. The fourth-order valence-electron chi connectivity index (χ4n) is 5.46. The van der Waals surface area contributed by atoms with Crippen molar-refractivity contribution in [2.24, 2.45) is 0 Å². The summed E-state index contributed by atoms with van der Waals surface area (Å²) in [6.07, 6.45) is -0.781. The zero-order valence-corrected chi connectivity index (χ0v) is 31.7. The largest absolute Gasteiger partial charge is 0.530 e. The average molecular weight is 671 g/mol. The molecule has 0 bridgehead atoms. The Morgan fingerprint density at radius 1 is 0.562 bits per heavy atom. The summed E-state index contributed by atoms with van der Waals surface area (Å²) in [5.74, 6) is 2.36. The van der Waals surface area contributed by atoms with Crippen LogP contribution in [0.4, 0.5) is 4.79 Å². The summed E-state index contributed by atoms with van der Waals surface area (Å²) in [7, 11) is -2.05. The number of aryl methyl sites for hydroxylation is 4. The molecule has 4 aromatic rings. The molecular formula is C41H51O6P. The second-order valence-electron chi connectivity index (χ2n) is 15.5. The van der Waals surface area contributed by atoms with Gasteiger partial charge < -0.3 is 23.0 Å². The summed E-state index contributed by atoms with van der Waals surface area (Å²) in [5.41, 5.74) is 6.75. The first-order valence-corrected chi connectivity index (χ1v) is 17.5. The minimum atomic E-state index is -2.05. The van der Waals surface area contributed by atoms with E-state index < -0.39 is 20.4 Å². The molecule has 0 saturated carbocycles. The normalized spacial score (nSPS) is 12.1. The van der Waals surface area contributed by atoms with Gasteiger partial charge in [0, 0.05) is 22.3 Å². The highest BCUT2D eigenvalue weighted by atomic mass is 31.2. The van der Waals surface area contributed by atoms with Crippen molar-refractivity contribution in [1.29, 1.82) is 0 Å². The van der Waals surface area contributed by atoms with Gasteiger partial charge in [0.25, 0.3) is 0 Å². The molecule has 0 amide bonds. The Balaban J connectivity index is 1.85. The third kappa shape index (κ3) is 9.32. The average Bonchev–Trinajstić information content (AvgIpc) is 2.94. The number of carbonyl (C=O) groups is 1. The molecule has 0 unspecified atom stereocenters. The van der Waals surface area contributed by atoms with Gasteiger partial charge in [0.15, 0.2) is 0 Å². The summed E-state index contributed by atoms with van der Waals surface area (Å²) in [4.78, 5) is 12.7. The van der Waals surface area contributed by atoms with Crippen molar-refractivity contribution >= 4 is 14.8 Å². The number of rotatable bonds is 8. The fourth-order valence-corrected chi connectivity index (χ4v) is 6.67. The number of ether oxygens (including phenoxy) is 2. The van der Waals surface area contributed by atoms with Crippen LogP contribution < -0.4 is 18.3 Å². The van der Waals surface area contributed by atoms with Gasteiger partial charge in [-0.3, -0.25) is 0 Å². The van der Waals surface area contributed by atoms with Crippen molar-refractivity contribution in [2.75, 3.05) is 0 Å². The second-order valence-corrected chi connectivity index (χ2v) is 16.5. The maximum Gasteiger partial charge on any atom is 0.530 e. The Hall–Kier alpha value is -4.02. The lowest BCUT2D eigenvalue weighted by molar-refractivity contribution is 0.0207. The van der Waals surface area contributed by atoms with Crippen LogP contribution in [-0.4, -0.2) is 11.8 Å². The molecule has 0 spiro atoms. The van der Waals surface area contributed by atoms with Gasteiger partial charge >= 0.3 is 14.8 Å². The van der Waals surface area contributed by atoms with E-state index in [1.807, 2.05) is 42.5 Å². The minimum absolute atomic E-state index is 0.195. The molecule has 4 rings (SSSR count). The topological polar surface area (TPSA) is 63.2 Å². The highest BCUT2D eigenvalue weighted by Gasteiger charge is 2.31. The lowest BCUT2D eigenvalue weighted by atomic mass is 9.84. The van der Waals surface area contributed by atoms with Crippen LogP contribution in [0.15, 0.2) is 72.8 Å². The van der Waals surface area contributed by atoms with Gasteiger partial charge in [-0.05, 0) is 82.6 Å². The smallest absolute Gasteiger partial charge is 0.428 e. The maximum absolute atomic E-state index is 12.7. The monoisotopic (exact) mass is 670 g/mol. The molecule has 0 heterocycles. The first-order chi connectivity index (χ1) is 22.2. The molecule has 6 nitrogen and oxygen atoms in total. The molecule has 48 heavy (non-hydrogen) atoms. The summed E-state index contributed by atoms with van der Waals surface area (Å²) in [5, 5.41) is 0. The first kappa shape index (κ1) is 36.8. The van der Waals surface area contributed by atoms with Crippen molar-refractivity contribution < 1.29 is 27.8 Å².